The molecule has 19 heavy (non-hydrogen) atoms. The number of carbonyl (C=O) groups is 1. The smallest absolute Gasteiger partial charge is 0.202 e. The van der Waals surface area contributed by atoms with E-state index in [1.165, 1.54) is 40.8 Å². The maximum Gasteiger partial charge on any atom is 0.202 e. The van der Waals surface area contributed by atoms with E-state index in [2.05, 4.69) is 18.2 Å². The van der Waals surface area contributed by atoms with Gasteiger partial charge in [-0.3, -0.25) is 4.79 Å². The highest BCUT2D eigenvalue weighted by Crippen LogP contribution is 2.32. The van der Waals surface area contributed by atoms with E-state index < -0.39 is 0 Å². The van der Waals surface area contributed by atoms with Gasteiger partial charge in [-0.2, -0.15) is 0 Å². The molecule has 0 unspecified atom stereocenters. The standard InChI is InChI=1S/C17H16OS/c18-17(16-10-13-5-2-6-15(13)19-16)14-8-7-11-3-1-4-12(11)9-14/h7-10H,1-6H2. The lowest BCUT2D eigenvalue weighted by molar-refractivity contribution is 0.104. The Morgan fingerprint density at radius 1 is 0.895 bits per heavy atom. The van der Waals surface area contributed by atoms with Gasteiger partial charge in [0.15, 0.2) is 0 Å². The van der Waals surface area contributed by atoms with Crippen LogP contribution in [0.4, 0.5) is 0 Å². The number of carbonyl (C=O) groups excluding carboxylic acids is 1. The van der Waals surface area contributed by atoms with E-state index >= 15 is 0 Å². The van der Waals surface area contributed by atoms with Gasteiger partial charge in [0.25, 0.3) is 0 Å². The molecule has 2 aliphatic carbocycles. The summed E-state index contributed by atoms with van der Waals surface area (Å²) < 4.78 is 0. The molecule has 2 aliphatic rings. The second-order valence-corrected chi connectivity index (χ2v) is 6.72. The van der Waals surface area contributed by atoms with E-state index in [4.69, 9.17) is 0 Å². The minimum absolute atomic E-state index is 0.217. The van der Waals surface area contributed by atoms with Crippen LogP contribution in [0.15, 0.2) is 24.3 Å². The first-order valence-electron chi connectivity index (χ1n) is 7.09. The summed E-state index contributed by atoms with van der Waals surface area (Å²) >= 11 is 1.71. The van der Waals surface area contributed by atoms with Crippen LogP contribution in [0.25, 0.3) is 0 Å². The third-order valence-corrected chi connectivity index (χ3v) is 5.57. The van der Waals surface area contributed by atoms with Crippen LogP contribution in [0.5, 0.6) is 0 Å². The van der Waals surface area contributed by atoms with Crippen molar-refractivity contribution in [2.24, 2.45) is 0 Å². The van der Waals surface area contributed by atoms with Crippen LogP contribution in [-0.4, -0.2) is 5.78 Å². The van der Waals surface area contributed by atoms with Crippen molar-refractivity contribution in [3.63, 3.8) is 0 Å². The number of hydrogen-bond acceptors (Lipinski definition) is 2. The highest BCUT2D eigenvalue weighted by atomic mass is 32.1. The van der Waals surface area contributed by atoms with E-state index in [9.17, 15) is 4.79 Å². The molecule has 0 aliphatic heterocycles. The van der Waals surface area contributed by atoms with E-state index in [0.29, 0.717) is 0 Å². The predicted molar refractivity (Wildman–Crippen MR) is 78.2 cm³/mol. The Balaban J connectivity index is 1.69. The molecule has 1 nitrogen and oxygen atoms in total. The lowest BCUT2D eigenvalue weighted by atomic mass is 10.0. The second-order valence-electron chi connectivity index (χ2n) is 5.58. The molecular weight excluding hydrogens is 252 g/mol. The maximum absolute atomic E-state index is 12.6. The molecular formula is C17H16OS. The molecule has 96 valence electrons. The average molecular weight is 268 g/mol. The van der Waals surface area contributed by atoms with Crippen LogP contribution in [-0.2, 0) is 25.7 Å². The third kappa shape index (κ3) is 1.86. The predicted octanol–water partition coefficient (Wildman–Crippen LogP) is 3.96. The van der Waals surface area contributed by atoms with Crippen molar-refractivity contribution in [3.05, 3.63) is 56.3 Å². The van der Waals surface area contributed by atoms with Crippen molar-refractivity contribution < 1.29 is 4.79 Å². The zero-order valence-electron chi connectivity index (χ0n) is 10.9. The monoisotopic (exact) mass is 268 g/mol. The number of rotatable bonds is 2. The van der Waals surface area contributed by atoms with E-state index in [1.54, 1.807) is 11.3 Å². The lowest BCUT2D eigenvalue weighted by Gasteiger charge is -2.03. The van der Waals surface area contributed by atoms with Gasteiger partial charge in [-0.25, -0.2) is 0 Å². The molecule has 2 aromatic rings. The van der Waals surface area contributed by atoms with Gasteiger partial charge < -0.3 is 0 Å². The molecule has 2 heteroatoms. The Morgan fingerprint density at radius 3 is 2.58 bits per heavy atom. The van der Waals surface area contributed by atoms with Crippen molar-refractivity contribution >= 4 is 17.1 Å². The van der Waals surface area contributed by atoms with Crippen molar-refractivity contribution in [3.8, 4) is 0 Å². The molecule has 0 amide bonds. The Kier molecular flexibility index (Phi) is 2.59. The van der Waals surface area contributed by atoms with Gasteiger partial charge in [0.1, 0.15) is 0 Å². The summed E-state index contributed by atoms with van der Waals surface area (Å²) in [5.74, 6) is 0.217. The molecule has 0 saturated heterocycles. The molecule has 0 N–H and O–H groups in total. The van der Waals surface area contributed by atoms with Crippen LogP contribution < -0.4 is 0 Å². The fraction of sp³-hybridized carbons (Fsp3) is 0.353. The Morgan fingerprint density at radius 2 is 1.68 bits per heavy atom. The van der Waals surface area contributed by atoms with Crippen LogP contribution in [0.2, 0.25) is 0 Å². The van der Waals surface area contributed by atoms with Crippen LogP contribution in [0, 0.1) is 0 Å². The fourth-order valence-electron chi connectivity index (χ4n) is 3.30. The molecule has 1 heterocycles. The highest BCUT2D eigenvalue weighted by Gasteiger charge is 2.20. The summed E-state index contributed by atoms with van der Waals surface area (Å²) in [7, 11) is 0. The fourth-order valence-corrected chi connectivity index (χ4v) is 4.51. The van der Waals surface area contributed by atoms with Gasteiger partial charge in [0, 0.05) is 10.4 Å². The summed E-state index contributed by atoms with van der Waals surface area (Å²) in [5, 5.41) is 0. The van der Waals surface area contributed by atoms with E-state index in [0.717, 1.165) is 29.7 Å². The van der Waals surface area contributed by atoms with Crippen molar-refractivity contribution in [1.29, 1.82) is 0 Å². The van der Waals surface area contributed by atoms with Gasteiger partial charge in [0.2, 0.25) is 5.78 Å². The highest BCUT2D eigenvalue weighted by molar-refractivity contribution is 7.14. The van der Waals surface area contributed by atoms with E-state index in [1.807, 2.05) is 6.07 Å². The summed E-state index contributed by atoms with van der Waals surface area (Å²) in [6.07, 6.45) is 7.13. The van der Waals surface area contributed by atoms with Crippen molar-refractivity contribution in [2.45, 2.75) is 38.5 Å². The quantitative estimate of drug-likeness (QED) is 0.754. The minimum atomic E-state index is 0.217. The molecule has 0 saturated carbocycles. The molecule has 0 radical (unpaired) electrons. The number of thiophene rings is 1. The largest absolute Gasteiger partial charge is 0.288 e. The normalized spacial score (nSPS) is 16.4. The van der Waals surface area contributed by atoms with Gasteiger partial charge in [-0.15, -0.1) is 11.3 Å². The maximum atomic E-state index is 12.6. The average Bonchev–Trinajstić information content (AvgIpc) is 3.11. The minimum Gasteiger partial charge on any atom is -0.288 e. The molecule has 0 atom stereocenters. The Hall–Kier alpha value is -1.41. The summed E-state index contributed by atoms with van der Waals surface area (Å²) in [6.45, 7) is 0. The third-order valence-electron chi connectivity index (χ3n) is 4.33. The SMILES string of the molecule is O=C(c1ccc2c(c1)CCC2)c1cc2c(s1)CCC2. The topological polar surface area (TPSA) is 17.1 Å². The number of fused-ring (bicyclic) bond motifs is 2. The molecule has 0 fully saturated rings. The van der Waals surface area contributed by atoms with Crippen LogP contribution in [0.1, 0.15) is 49.6 Å². The first-order chi connectivity index (χ1) is 9.31. The number of hydrogen-bond donors (Lipinski definition) is 0. The number of aryl methyl sites for hydroxylation is 4. The van der Waals surface area contributed by atoms with Gasteiger partial charge in [-0.1, -0.05) is 12.1 Å². The molecule has 4 rings (SSSR count). The van der Waals surface area contributed by atoms with Gasteiger partial charge in [-0.05, 0) is 67.3 Å². The summed E-state index contributed by atoms with van der Waals surface area (Å²) in [4.78, 5) is 14.9. The van der Waals surface area contributed by atoms with Crippen LogP contribution >= 0.6 is 11.3 Å². The Labute approximate surface area is 117 Å². The molecule has 0 spiro atoms. The summed E-state index contributed by atoms with van der Waals surface area (Å²) in [5.41, 5.74) is 5.11. The first-order valence-corrected chi connectivity index (χ1v) is 7.91. The number of benzene rings is 1. The molecule has 0 bridgehead atoms. The zero-order chi connectivity index (χ0) is 12.8. The first kappa shape index (κ1) is 11.4. The molecule has 1 aromatic heterocycles. The van der Waals surface area contributed by atoms with E-state index in [-0.39, 0.29) is 5.78 Å². The van der Waals surface area contributed by atoms with Crippen molar-refractivity contribution in [2.75, 3.05) is 0 Å². The lowest BCUT2D eigenvalue weighted by Crippen LogP contribution is -2.00. The Bertz CT molecular complexity index is 644. The van der Waals surface area contributed by atoms with Crippen LogP contribution in [0.3, 0.4) is 0 Å². The van der Waals surface area contributed by atoms with Gasteiger partial charge in [0.05, 0.1) is 4.88 Å². The zero-order valence-corrected chi connectivity index (χ0v) is 11.7. The van der Waals surface area contributed by atoms with Gasteiger partial charge >= 0.3 is 0 Å². The molecule has 1 aromatic carbocycles. The summed E-state index contributed by atoms with van der Waals surface area (Å²) in [6, 6.07) is 8.41. The second kappa shape index (κ2) is 4.31. The van der Waals surface area contributed by atoms with Crippen molar-refractivity contribution in [1.82, 2.24) is 0 Å². The number of ketones is 1.